The Labute approximate surface area is 158 Å². The molecule has 2 N–H and O–H groups in total. The van der Waals surface area contributed by atoms with Gasteiger partial charge in [-0.15, -0.1) is 11.6 Å². The second-order valence-corrected chi connectivity index (χ2v) is 7.76. The van der Waals surface area contributed by atoms with E-state index in [1.54, 1.807) is 0 Å². The normalized spacial score (nSPS) is 31.0. The minimum atomic E-state index is -0.704. The standard InChI is InChI=1S/C21H22ClNO3/c22-14-9-10-17-18(12-14)23-21(25)19(20(17)24)13-5-4-8-16(11-13)26-15-6-2-1-3-7-15/h1-8,11,14,17-20,24H,9-10,12H2,(H,23,25). The zero-order valence-electron chi connectivity index (χ0n) is 14.3. The van der Waals surface area contributed by atoms with Gasteiger partial charge in [-0.05, 0) is 49.1 Å². The van der Waals surface area contributed by atoms with Crippen LogP contribution in [-0.2, 0) is 4.79 Å². The number of carbonyl (C=O) groups is 1. The van der Waals surface area contributed by atoms with Crippen LogP contribution in [0.3, 0.4) is 0 Å². The maximum atomic E-state index is 12.7. The summed E-state index contributed by atoms with van der Waals surface area (Å²) in [5.41, 5.74) is 0.773. The lowest BCUT2D eigenvalue weighted by Gasteiger charge is -2.44. The highest BCUT2D eigenvalue weighted by Gasteiger charge is 2.46. The predicted molar refractivity (Wildman–Crippen MR) is 101 cm³/mol. The zero-order valence-corrected chi connectivity index (χ0v) is 15.1. The lowest BCUT2D eigenvalue weighted by Crippen LogP contribution is -2.58. The Morgan fingerprint density at radius 2 is 1.81 bits per heavy atom. The van der Waals surface area contributed by atoms with Crippen LogP contribution in [0.5, 0.6) is 11.5 Å². The number of amides is 1. The van der Waals surface area contributed by atoms with Crippen molar-refractivity contribution in [3.63, 3.8) is 0 Å². The molecule has 2 aromatic carbocycles. The molecule has 1 heterocycles. The van der Waals surface area contributed by atoms with E-state index < -0.39 is 12.0 Å². The average Bonchev–Trinajstić information content (AvgIpc) is 2.62. The quantitative estimate of drug-likeness (QED) is 0.806. The average molecular weight is 372 g/mol. The monoisotopic (exact) mass is 371 g/mol. The van der Waals surface area contributed by atoms with E-state index >= 15 is 0 Å². The van der Waals surface area contributed by atoms with E-state index in [1.807, 2.05) is 54.6 Å². The Hall–Kier alpha value is -2.04. The number of hydrogen-bond acceptors (Lipinski definition) is 3. The van der Waals surface area contributed by atoms with E-state index in [0.717, 1.165) is 30.6 Å². The van der Waals surface area contributed by atoms with E-state index in [2.05, 4.69) is 5.32 Å². The number of hydrogen-bond donors (Lipinski definition) is 2. The van der Waals surface area contributed by atoms with E-state index in [0.29, 0.717) is 5.75 Å². The van der Waals surface area contributed by atoms with Gasteiger partial charge < -0.3 is 15.2 Å². The fourth-order valence-electron chi connectivity index (χ4n) is 4.14. The molecule has 136 valence electrons. The van der Waals surface area contributed by atoms with Gasteiger partial charge in [0.05, 0.1) is 12.0 Å². The summed E-state index contributed by atoms with van der Waals surface area (Å²) in [5.74, 6) is 0.717. The van der Waals surface area contributed by atoms with Crippen molar-refractivity contribution in [2.24, 2.45) is 5.92 Å². The molecule has 1 aliphatic heterocycles. The van der Waals surface area contributed by atoms with Crippen LogP contribution >= 0.6 is 11.6 Å². The molecule has 4 nitrogen and oxygen atoms in total. The first kappa shape index (κ1) is 17.4. The van der Waals surface area contributed by atoms with Crippen LogP contribution in [0.4, 0.5) is 0 Å². The van der Waals surface area contributed by atoms with Crippen LogP contribution in [0, 0.1) is 5.92 Å². The smallest absolute Gasteiger partial charge is 0.230 e. The molecule has 1 saturated carbocycles. The number of ether oxygens (including phenoxy) is 1. The van der Waals surface area contributed by atoms with Gasteiger partial charge in [0.2, 0.25) is 5.91 Å². The molecule has 5 heteroatoms. The first-order valence-electron chi connectivity index (χ1n) is 9.07. The van der Waals surface area contributed by atoms with Gasteiger partial charge in [-0.25, -0.2) is 0 Å². The first-order valence-corrected chi connectivity index (χ1v) is 9.51. The summed E-state index contributed by atoms with van der Waals surface area (Å²) in [6.07, 6.45) is 1.72. The number of fused-ring (bicyclic) bond motifs is 1. The highest BCUT2D eigenvalue weighted by Crippen LogP contribution is 2.39. The van der Waals surface area contributed by atoms with E-state index in [4.69, 9.17) is 16.3 Å². The minimum Gasteiger partial charge on any atom is -0.457 e. The van der Waals surface area contributed by atoms with Gasteiger partial charge in [-0.3, -0.25) is 4.79 Å². The van der Waals surface area contributed by atoms with Crippen LogP contribution in [-0.4, -0.2) is 28.5 Å². The molecule has 5 unspecified atom stereocenters. The summed E-state index contributed by atoms with van der Waals surface area (Å²) in [6.45, 7) is 0. The molecule has 4 rings (SSSR count). The van der Waals surface area contributed by atoms with Crippen LogP contribution in [0.2, 0.25) is 0 Å². The molecule has 2 aromatic rings. The molecule has 1 aliphatic carbocycles. The Balaban J connectivity index is 1.57. The summed E-state index contributed by atoms with van der Waals surface area (Å²) in [6, 6.07) is 16.9. The number of alkyl halides is 1. The fraction of sp³-hybridized carbons (Fsp3) is 0.381. The molecule has 1 saturated heterocycles. The van der Waals surface area contributed by atoms with Crippen molar-refractivity contribution in [1.82, 2.24) is 5.32 Å². The number of rotatable bonds is 3. The number of nitrogens with one attached hydrogen (secondary N) is 1. The van der Waals surface area contributed by atoms with E-state index in [1.165, 1.54) is 0 Å². The second-order valence-electron chi connectivity index (χ2n) is 7.15. The molecular weight excluding hydrogens is 350 g/mol. The number of aliphatic hydroxyl groups is 1. The lowest BCUT2D eigenvalue weighted by atomic mass is 9.72. The number of halogens is 1. The molecule has 5 atom stereocenters. The predicted octanol–water partition coefficient (Wildman–Crippen LogP) is 3.83. The van der Waals surface area contributed by atoms with Crippen LogP contribution in [0.15, 0.2) is 54.6 Å². The van der Waals surface area contributed by atoms with Gasteiger partial charge in [-0.2, -0.15) is 0 Å². The Bertz CT molecular complexity index is 782. The first-order chi connectivity index (χ1) is 12.6. The maximum Gasteiger partial charge on any atom is 0.230 e. The van der Waals surface area contributed by atoms with Gasteiger partial charge in [-0.1, -0.05) is 30.3 Å². The Morgan fingerprint density at radius 3 is 2.62 bits per heavy atom. The fourth-order valence-corrected chi connectivity index (χ4v) is 4.45. The van der Waals surface area contributed by atoms with Crippen LogP contribution in [0.25, 0.3) is 0 Å². The molecule has 0 spiro atoms. The Kier molecular flexibility index (Phi) is 4.88. The number of piperidine rings is 1. The van der Waals surface area contributed by atoms with Crippen molar-refractivity contribution >= 4 is 17.5 Å². The molecular formula is C21H22ClNO3. The van der Waals surface area contributed by atoms with Crippen molar-refractivity contribution in [2.75, 3.05) is 0 Å². The third kappa shape index (κ3) is 3.44. The number of benzene rings is 2. The summed E-state index contributed by atoms with van der Waals surface area (Å²) in [4.78, 5) is 12.7. The highest BCUT2D eigenvalue weighted by molar-refractivity contribution is 6.20. The van der Waals surface area contributed by atoms with Gasteiger partial charge in [0.25, 0.3) is 0 Å². The third-order valence-electron chi connectivity index (χ3n) is 5.43. The molecule has 2 fully saturated rings. The molecule has 0 aromatic heterocycles. The number of carbonyl (C=O) groups excluding carboxylic acids is 1. The van der Waals surface area contributed by atoms with Gasteiger partial charge in [0, 0.05) is 17.3 Å². The zero-order chi connectivity index (χ0) is 18.1. The summed E-state index contributed by atoms with van der Waals surface area (Å²) in [5, 5.41) is 14.1. The summed E-state index contributed by atoms with van der Waals surface area (Å²) >= 11 is 6.23. The van der Waals surface area contributed by atoms with Crippen molar-refractivity contribution in [2.45, 2.75) is 42.7 Å². The van der Waals surface area contributed by atoms with E-state index in [-0.39, 0.29) is 23.2 Å². The largest absolute Gasteiger partial charge is 0.457 e. The minimum absolute atomic E-state index is 0.0336. The second kappa shape index (κ2) is 7.29. The molecule has 2 aliphatic rings. The van der Waals surface area contributed by atoms with Crippen molar-refractivity contribution in [3.8, 4) is 11.5 Å². The highest BCUT2D eigenvalue weighted by atomic mass is 35.5. The number of aliphatic hydroxyl groups excluding tert-OH is 1. The molecule has 0 radical (unpaired) electrons. The molecule has 0 bridgehead atoms. The van der Waals surface area contributed by atoms with Gasteiger partial charge in [0.1, 0.15) is 11.5 Å². The van der Waals surface area contributed by atoms with Gasteiger partial charge >= 0.3 is 0 Å². The van der Waals surface area contributed by atoms with Crippen molar-refractivity contribution in [1.29, 1.82) is 0 Å². The Morgan fingerprint density at radius 1 is 1.04 bits per heavy atom. The SMILES string of the molecule is O=C1NC2CC(Cl)CCC2C(O)C1c1cccc(Oc2ccccc2)c1. The topological polar surface area (TPSA) is 58.6 Å². The molecule has 1 amide bonds. The van der Waals surface area contributed by atoms with Crippen molar-refractivity contribution in [3.05, 3.63) is 60.2 Å². The van der Waals surface area contributed by atoms with Crippen LogP contribution in [0.1, 0.15) is 30.7 Å². The van der Waals surface area contributed by atoms with Crippen LogP contribution < -0.4 is 10.1 Å². The van der Waals surface area contributed by atoms with Gasteiger partial charge in [0.15, 0.2) is 0 Å². The maximum absolute atomic E-state index is 12.7. The number of para-hydroxylation sites is 1. The summed E-state index contributed by atoms with van der Waals surface area (Å²) in [7, 11) is 0. The van der Waals surface area contributed by atoms with Crippen molar-refractivity contribution < 1.29 is 14.6 Å². The molecule has 26 heavy (non-hydrogen) atoms. The third-order valence-corrected chi connectivity index (χ3v) is 5.82. The van der Waals surface area contributed by atoms with E-state index in [9.17, 15) is 9.90 Å². The summed E-state index contributed by atoms with van der Waals surface area (Å²) < 4.78 is 5.87. The lowest BCUT2D eigenvalue weighted by molar-refractivity contribution is -0.133.